The van der Waals surface area contributed by atoms with E-state index in [-0.39, 0.29) is 24.5 Å². The minimum atomic E-state index is -4.33. The number of nitrogens with one attached hydrogen (secondary N) is 1. The highest BCUT2D eigenvalue weighted by molar-refractivity contribution is 5.47. The van der Waals surface area contributed by atoms with Crippen LogP contribution in [0.3, 0.4) is 0 Å². The van der Waals surface area contributed by atoms with E-state index in [9.17, 15) is 18.0 Å². The van der Waals surface area contributed by atoms with Crippen LogP contribution < -0.4 is 15.8 Å². The minimum absolute atomic E-state index is 0.0406. The smallest absolute Gasteiger partial charge is 0.353 e. The number of piperidine rings is 1. The monoisotopic (exact) mass is 314 g/mol. The van der Waals surface area contributed by atoms with Crippen LogP contribution in [0.4, 0.5) is 24.9 Å². The van der Waals surface area contributed by atoms with Crippen LogP contribution in [0.1, 0.15) is 25.7 Å². The largest absolute Gasteiger partial charge is 0.408 e. The molecule has 0 spiro atoms. The number of rotatable bonds is 1. The Morgan fingerprint density at radius 1 is 1.27 bits per heavy atom. The van der Waals surface area contributed by atoms with E-state index in [2.05, 4.69) is 15.2 Å². The standard InChI is InChI=1S/C14H17F3N4O/c15-14(16,17)10-3-4-20-12(22)6-11(19-13(20)18-10)21-7-8-1-2-9(21)5-8/h6,8-10H,1-5,7H2,(H,18,19). The first kappa shape index (κ1) is 13.9. The molecular formula is C14H17F3N4O. The lowest BCUT2D eigenvalue weighted by molar-refractivity contribution is -0.145. The number of fused-ring (bicyclic) bond motifs is 3. The number of aromatic nitrogens is 2. The van der Waals surface area contributed by atoms with Gasteiger partial charge in [-0.2, -0.15) is 18.2 Å². The fourth-order valence-electron chi connectivity index (χ4n) is 3.90. The highest BCUT2D eigenvalue weighted by Crippen LogP contribution is 2.39. The van der Waals surface area contributed by atoms with Crippen molar-refractivity contribution < 1.29 is 13.2 Å². The number of halogens is 3. The van der Waals surface area contributed by atoms with Crippen LogP contribution in [-0.4, -0.2) is 34.4 Å². The highest BCUT2D eigenvalue weighted by atomic mass is 19.4. The molecule has 22 heavy (non-hydrogen) atoms. The SMILES string of the molecule is O=c1cc(N2CC3CCC2C3)nc2n1CCC(C(F)(F)F)N2. The van der Waals surface area contributed by atoms with Crippen molar-refractivity contribution in [1.29, 1.82) is 0 Å². The molecule has 2 aliphatic heterocycles. The third kappa shape index (κ3) is 2.16. The number of alkyl halides is 3. The van der Waals surface area contributed by atoms with Crippen molar-refractivity contribution in [3.05, 3.63) is 16.4 Å². The number of hydrogen-bond acceptors (Lipinski definition) is 4. The van der Waals surface area contributed by atoms with E-state index in [0.29, 0.717) is 17.8 Å². The lowest BCUT2D eigenvalue weighted by Gasteiger charge is -2.32. The molecule has 2 bridgehead atoms. The Labute approximate surface area is 125 Å². The maximum Gasteiger partial charge on any atom is 0.408 e. The van der Waals surface area contributed by atoms with Gasteiger partial charge in [0.15, 0.2) is 0 Å². The Morgan fingerprint density at radius 2 is 2.09 bits per heavy atom. The zero-order chi connectivity index (χ0) is 15.5. The molecule has 3 aliphatic rings. The Kier molecular flexibility index (Phi) is 2.93. The molecule has 4 rings (SSSR count). The van der Waals surface area contributed by atoms with Gasteiger partial charge >= 0.3 is 6.18 Å². The molecule has 1 aromatic rings. The van der Waals surface area contributed by atoms with Gasteiger partial charge in [-0.1, -0.05) is 0 Å². The van der Waals surface area contributed by atoms with Crippen molar-refractivity contribution in [2.75, 3.05) is 16.8 Å². The molecule has 0 amide bonds. The third-order valence-corrected chi connectivity index (χ3v) is 5.04. The Hall–Kier alpha value is -1.73. The minimum Gasteiger partial charge on any atom is -0.353 e. The third-order valence-electron chi connectivity index (χ3n) is 5.04. The Balaban J connectivity index is 1.67. The fourth-order valence-corrected chi connectivity index (χ4v) is 3.90. The Bertz CT molecular complexity index is 656. The molecule has 0 aromatic carbocycles. The van der Waals surface area contributed by atoms with Crippen molar-refractivity contribution in [3.63, 3.8) is 0 Å². The van der Waals surface area contributed by atoms with E-state index in [1.165, 1.54) is 17.1 Å². The molecule has 1 saturated carbocycles. The summed E-state index contributed by atoms with van der Waals surface area (Å²) in [5.41, 5.74) is -0.282. The lowest BCUT2D eigenvalue weighted by atomic mass is 10.1. The quantitative estimate of drug-likeness (QED) is 0.861. The van der Waals surface area contributed by atoms with Crippen LogP contribution in [0.15, 0.2) is 10.9 Å². The summed E-state index contributed by atoms with van der Waals surface area (Å²) in [7, 11) is 0. The zero-order valence-electron chi connectivity index (χ0n) is 11.9. The zero-order valence-corrected chi connectivity index (χ0v) is 11.9. The van der Waals surface area contributed by atoms with Crippen molar-refractivity contribution in [2.24, 2.45) is 5.92 Å². The number of anilines is 2. The maximum absolute atomic E-state index is 12.9. The van der Waals surface area contributed by atoms with Crippen LogP contribution in [-0.2, 0) is 6.54 Å². The molecule has 8 heteroatoms. The summed E-state index contributed by atoms with van der Waals surface area (Å²) in [6.07, 6.45) is -1.11. The molecule has 3 atom stereocenters. The van der Waals surface area contributed by atoms with Gasteiger partial charge in [-0.3, -0.25) is 9.36 Å². The van der Waals surface area contributed by atoms with E-state index >= 15 is 0 Å². The van der Waals surface area contributed by atoms with Gasteiger partial charge in [0.05, 0.1) is 0 Å². The average Bonchev–Trinajstić information content (AvgIpc) is 3.08. The predicted octanol–water partition coefficient (Wildman–Crippen LogP) is 1.98. The van der Waals surface area contributed by atoms with Gasteiger partial charge in [-0.25, -0.2) is 0 Å². The molecule has 5 nitrogen and oxygen atoms in total. The second-order valence-corrected chi connectivity index (χ2v) is 6.44. The van der Waals surface area contributed by atoms with E-state index in [1.54, 1.807) is 0 Å². The van der Waals surface area contributed by atoms with Crippen LogP contribution in [0, 0.1) is 5.92 Å². The summed E-state index contributed by atoms with van der Waals surface area (Å²) in [5, 5.41) is 2.39. The van der Waals surface area contributed by atoms with Gasteiger partial charge in [-0.05, 0) is 31.6 Å². The van der Waals surface area contributed by atoms with Gasteiger partial charge in [0.1, 0.15) is 11.9 Å². The van der Waals surface area contributed by atoms with Crippen LogP contribution in [0.5, 0.6) is 0 Å². The predicted molar refractivity (Wildman–Crippen MR) is 75.1 cm³/mol. The van der Waals surface area contributed by atoms with E-state index in [0.717, 1.165) is 19.4 Å². The topological polar surface area (TPSA) is 50.2 Å². The van der Waals surface area contributed by atoms with E-state index < -0.39 is 12.2 Å². The summed E-state index contributed by atoms with van der Waals surface area (Å²) >= 11 is 0. The molecular weight excluding hydrogens is 297 g/mol. The Morgan fingerprint density at radius 3 is 2.73 bits per heavy atom. The van der Waals surface area contributed by atoms with Gasteiger partial charge in [0.2, 0.25) is 5.95 Å². The molecule has 3 heterocycles. The molecule has 3 unspecified atom stereocenters. The average molecular weight is 314 g/mol. The second kappa shape index (κ2) is 4.63. The second-order valence-electron chi connectivity index (χ2n) is 6.44. The first-order valence-electron chi connectivity index (χ1n) is 7.63. The molecule has 1 aromatic heterocycles. The van der Waals surface area contributed by atoms with E-state index in [4.69, 9.17) is 0 Å². The molecule has 1 aliphatic carbocycles. The first-order valence-corrected chi connectivity index (χ1v) is 7.63. The summed E-state index contributed by atoms with van der Waals surface area (Å²) in [6, 6.07) is 0.200. The number of hydrogen-bond donors (Lipinski definition) is 1. The lowest BCUT2D eigenvalue weighted by Crippen LogP contribution is -2.44. The molecule has 2 fully saturated rings. The summed E-state index contributed by atoms with van der Waals surface area (Å²) in [5.74, 6) is 1.18. The van der Waals surface area contributed by atoms with Crippen molar-refractivity contribution >= 4 is 11.8 Å². The van der Waals surface area contributed by atoms with Crippen molar-refractivity contribution in [2.45, 2.75) is 50.5 Å². The van der Waals surface area contributed by atoms with Gasteiger partial charge in [0, 0.05) is 25.2 Å². The van der Waals surface area contributed by atoms with Gasteiger partial charge in [-0.15, -0.1) is 0 Å². The van der Waals surface area contributed by atoms with Gasteiger partial charge in [0.25, 0.3) is 5.56 Å². The fraction of sp³-hybridized carbons (Fsp3) is 0.714. The van der Waals surface area contributed by atoms with Crippen molar-refractivity contribution in [1.82, 2.24) is 9.55 Å². The number of nitrogens with zero attached hydrogens (tertiary/aromatic N) is 3. The van der Waals surface area contributed by atoms with Crippen LogP contribution in [0.2, 0.25) is 0 Å². The normalized spacial score (nSPS) is 30.3. The first-order chi connectivity index (χ1) is 10.4. The molecule has 1 saturated heterocycles. The van der Waals surface area contributed by atoms with Crippen LogP contribution in [0.25, 0.3) is 0 Å². The van der Waals surface area contributed by atoms with E-state index in [1.807, 2.05) is 0 Å². The highest BCUT2D eigenvalue weighted by Gasteiger charge is 2.43. The van der Waals surface area contributed by atoms with Crippen molar-refractivity contribution in [3.8, 4) is 0 Å². The maximum atomic E-state index is 12.9. The molecule has 0 radical (unpaired) electrons. The van der Waals surface area contributed by atoms with Gasteiger partial charge < -0.3 is 10.2 Å². The summed E-state index contributed by atoms with van der Waals surface area (Å²) in [6.45, 7) is 0.897. The molecule has 120 valence electrons. The summed E-state index contributed by atoms with van der Waals surface area (Å²) < 4.78 is 39.9. The van der Waals surface area contributed by atoms with Crippen LogP contribution >= 0.6 is 0 Å². The summed E-state index contributed by atoms with van der Waals surface area (Å²) in [4.78, 5) is 18.6. The molecule has 1 N–H and O–H groups in total.